The van der Waals surface area contributed by atoms with Crippen molar-refractivity contribution in [2.45, 2.75) is 46.3 Å². The molecular weight excluding hydrogens is 200 g/mol. The lowest BCUT2D eigenvalue weighted by Gasteiger charge is -2.43. The third-order valence-corrected chi connectivity index (χ3v) is 3.69. The molecule has 0 aromatic heterocycles. The van der Waals surface area contributed by atoms with E-state index in [1.54, 1.807) is 0 Å². The highest BCUT2D eigenvalue weighted by atomic mass is 16.3. The second-order valence-electron chi connectivity index (χ2n) is 6.18. The van der Waals surface area contributed by atoms with Crippen LogP contribution in [0.2, 0.25) is 0 Å². The Morgan fingerprint density at radius 3 is 1.94 bits per heavy atom. The summed E-state index contributed by atoms with van der Waals surface area (Å²) in [5.41, 5.74) is 0.294. The predicted octanol–water partition coefficient (Wildman–Crippen LogP) is 1.42. The molecule has 1 heterocycles. The first-order valence-electron chi connectivity index (χ1n) is 6.46. The van der Waals surface area contributed by atoms with E-state index in [2.05, 4.69) is 37.5 Å². The van der Waals surface area contributed by atoms with Crippen LogP contribution in [0.15, 0.2) is 0 Å². The van der Waals surface area contributed by atoms with Crippen LogP contribution in [0.4, 0.5) is 0 Å². The SMILES string of the molecule is CC(O)C(C)CN1CCN(C(C)(C)C)CC1. The average molecular weight is 228 g/mol. The maximum absolute atomic E-state index is 9.50. The van der Waals surface area contributed by atoms with Gasteiger partial charge in [0.1, 0.15) is 0 Å². The molecule has 2 atom stereocenters. The van der Waals surface area contributed by atoms with E-state index in [0.29, 0.717) is 11.5 Å². The zero-order chi connectivity index (χ0) is 12.3. The Bertz CT molecular complexity index is 202. The van der Waals surface area contributed by atoms with Gasteiger partial charge >= 0.3 is 0 Å². The Hall–Kier alpha value is -0.120. The summed E-state index contributed by atoms with van der Waals surface area (Å²) in [7, 11) is 0. The van der Waals surface area contributed by atoms with Gasteiger partial charge < -0.3 is 10.0 Å². The van der Waals surface area contributed by atoms with Crippen LogP contribution in [0, 0.1) is 5.92 Å². The van der Waals surface area contributed by atoms with E-state index in [1.165, 1.54) is 0 Å². The van der Waals surface area contributed by atoms with E-state index in [9.17, 15) is 5.11 Å². The van der Waals surface area contributed by atoms with Gasteiger partial charge in [0.25, 0.3) is 0 Å². The van der Waals surface area contributed by atoms with Crippen molar-refractivity contribution >= 4 is 0 Å². The van der Waals surface area contributed by atoms with Gasteiger partial charge in [0, 0.05) is 38.3 Å². The zero-order valence-corrected chi connectivity index (χ0v) is 11.5. The fourth-order valence-electron chi connectivity index (χ4n) is 2.16. The molecule has 1 aliphatic rings. The highest BCUT2D eigenvalue weighted by Gasteiger charge is 2.26. The summed E-state index contributed by atoms with van der Waals surface area (Å²) in [6.07, 6.45) is -0.194. The summed E-state index contributed by atoms with van der Waals surface area (Å²) < 4.78 is 0. The van der Waals surface area contributed by atoms with Crippen LogP contribution in [-0.2, 0) is 0 Å². The van der Waals surface area contributed by atoms with Gasteiger partial charge in [0.2, 0.25) is 0 Å². The number of nitrogens with zero attached hydrogens (tertiary/aromatic N) is 2. The van der Waals surface area contributed by atoms with Crippen molar-refractivity contribution in [1.82, 2.24) is 9.80 Å². The molecule has 96 valence electrons. The lowest BCUT2D eigenvalue weighted by Crippen LogP contribution is -2.54. The van der Waals surface area contributed by atoms with Gasteiger partial charge in [-0.05, 0) is 33.6 Å². The summed E-state index contributed by atoms with van der Waals surface area (Å²) in [5.74, 6) is 0.376. The number of aliphatic hydroxyl groups is 1. The first kappa shape index (κ1) is 13.9. The Labute approximate surface area is 100 Å². The van der Waals surface area contributed by atoms with E-state index >= 15 is 0 Å². The van der Waals surface area contributed by atoms with Gasteiger partial charge in [-0.1, -0.05) is 6.92 Å². The van der Waals surface area contributed by atoms with Gasteiger partial charge in [-0.15, -0.1) is 0 Å². The molecule has 0 radical (unpaired) electrons. The topological polar surface area (TPSA) is 26.7 Å². The molecule has 0 amide bonds. The van der Waals surface area contributed by atoms with Gasteiger partial charge in [-0.3, -0.25) is 4.90 Å². The average Bonchev–Trinajstić information content (AvgIpc) is 2.17. The standard InChI is InChI=1S/C13H28N2O/c1-11(12(2)16)10-14-6-8-15(9-7-14)13(3,4)5/h11-12,16H,6-10H2,1-5H3. The molecule has 1 aliphatic heterocycles. The van der Waals surface area contributed by atoms with E-state index in [1.807, 2.05) is 6.92 Å². The molecule has 0 aromatic rings. The molecule has 0 saturated carbocycles. The molecule has 0 aromatic carbocycles. The minimum atomic E-state index is -0.194. The minimum Gasteiger partial charge on any atom is -0.393 e. The molecule has 0 aliphatic carbocycles. The van der Waals surface area contributed by atoms with Crippen molar-refractivity contribution in [1.29, 1.82) is 0 Å². The Kier molecular flexibility index (Phi) is 4.77. The first-order chi connectivity index (χ1) is 7.30. The normalized spacial score (nSPS) is 24.4. The zero-order valence-electron chi connectivity index (χ0n) is 11.5. The van der Waals surface area contributed by atoms with Crippen LogP contribution in [0.1, 0.15) is 34.6 Å². The van der Waals surface area contributed by atoms with E-state index in [-0.39, 0.29) is 6.10 Å². The smallest absolute Gasteiger partial charge is 0.0549 e. The number of aliphatic hydroxyl groups excluding tert-OH is 1. The van der Waals surface area contributed by atoms with Crippen molar-refractivity contribution < 1.29 is 5.11 Å². The summed E-state index contributed by atoms with van der Waals surface area (Å²) in [6, 6.07) is 0. The van der Waals surface area contributed by atoms with E-state index in [0.717, 1.165) is 32.7 Å². The Morgan fingerprint density at radius 1 is 1.06 bits per heavy atom. The number of rotatable bonds is 3. The molecule has 1 fully saturated rings. The van der Waals surface area contributed by atoms with Gasteiger partial charge in [0.05, 0.1) is 6.10 Å². The predicted molar refractivity (Wildman–Crippen MR) is 68.6 cm³/mol. The Morgan fingerprint density at radius 2 is 1.56 bits per heavy atom. The van der Waals surface area contributed by atoms with Crippen LogP contribution in [0.25, 0.3) is 0 Å². The van der Waals surface area contributed by atoms with Crippen LogP contribution in [0.3, 0.4) is 0 Å². The third kappa shape index (κ3) is 4.04. The van der Waals surface area contributed by atoms with Gasteiger partial charge in [-0.25, -0.2) is 0 Å². The lowest BCUT2D eigenvalue weighted by molar-refractivity contribution is 0.0397. The fraction of sp³-hybridized carbons (Fsp3) is 1.00. The van der Waals surface area contributed by atoms with E-state index < -0.39 is 0 Å². The monoisotopic (exact) mass is 228 g/mol. The summed E-state index contributed by atoms with van der Waals surface area (Å²) >= 11 is 0. The first-order valence-corrected chi connectivity index (χ1v) is 6.46. The summed E-state index contributed by atoms with van der Waals surface area (Å²) in [4.78, 5) is 5.01. The second kappa shape index (κ2) is 5.48. The maximum atomic E-state index is 9.50. The minimum absolute atomic E-state index is 0.194. The fourth-order valence-corrected chi connectivity index (χ4v) is 2.16. The van der Waals surface area contributed by atoms with Crippen molar-refractivity contribution in [3.63, 3.8) is 0 Å². The highest BCUT2D eigenvalue weighted by Crippen LogP contribution is 2.16. The van der Waals surface area contributed by atoms with Crippen LogP contribution in [-0.4, -0.2) is 59.3 Å². The molecule has 0 spiro atoms. The quantitative estimate of drug-likeness (QED) is 0.791. The molecule has 1 N–H and O–H groups in total. The second-order valence-corrected chi connectivity index (χ2v) is 6.18. The van der Waals surface area contributed by atoms with Crippen LogP contribution < -0.4 is 0 Å². The highest BCUT2D eigenvalue weighted by molar-refractivity contribution is 4.82. The van der Waals surface area contributed by atoms with Crippen LogP contribution >= 0.6 is 0 Å². The molecule has 16 heavy (non-hydrogen) atoms. The van der Waals surface area contributed by atoms with Crippen molar-refractivity contribution in [3.05, 3.63) is 0 Å². The maximum Gasteiger partial charge on any atom is 0.0549 e. The number of hydrogen-bond donors (Lipinski definition) is 1. The number of piperazine rings is 1. The molecule has 3 heteroatoms. The molecule has 1 saturated heterocycles. The van der Waals surface area contributed by atoms with Crippen molar-refractivity contribution in [3.8, 4) is 0 Å². The Balaban J connectivity index is 2.32. The van der Waals surface area contributed by atoms with Gasteiger partial charge in [-0.2, -0.15) is 0 Å². The summed E-state index contributed by atoms with van der Waals surface area (Å²) in [6.45, 7) is 16.4. The van der Waals surface area contributed by atoms with Crippen LogP contribution in [0.5, 0.6) is 0 Å². The van der Waals surface area contributed by atoms with Crippen molar-refractivity contribution in [2.24, 2.45) is 5.92 Å². The number of hydrogen-bond acceptors (Lipinski definition) is 3. The summed E-state index contributed by atoms with van der Waals surface area (Å²) in [5, 5.41) is 9.50. The van der Waals surface area contributed by atoms with Gasteiger partial charge in [0.15, 0.2) is 0 Å². The third-order valence-electron chi connectivity index (χ3n) is 3.69. The largest absolute Gasteiger partial charge is 0.393 e. The molecule has 2 unspecified atom stereocenters. The van der Waals surface area contributed by atoms with Crippen molar-refractivity contribution in [2.75, 3.05) is 32.7 Å². The van der Waals surface area contributed by atoms with E-state index in [4.69, 9.17) is 0 Å². The molecular formula is C13H28N2O. The lowest BCUT2D eigenvalue weighted by atomic mass is 10.0. The molecule has 1 rings (SSSR count). The molecule has 0 bridgehead atoms. The molecule has 3 nitrogen and oxygen atoms in total.